The first-order valence-electron chi connectivity index (χ1n) is 8.44. The van der Waals surface area contributed by atoms with E-state index in [4.69, 9.17) is 4.74 Å². The van der Waals surface area contributed by atoms with Crippen LogP contribution in [0.3, 0.4) is 0 Å². The molecule has 1 amide bonds. The van der Waals surface area contributed by atoms with E-state index >= 15 is 0 Å². The lowest BCUT2D eigenvalue weighted by Crippen LogP contribution is -2.45. The van der Waals surface area contributed by atoms with Crippen molar-refractivity contribution < 1.29 is 14.7 Å². The number of hydrogen-bond donors (Lipinski definition) is 1. The fourth-order valence-electron chi connectivity index (χ4n) is 3.08. The van der Waals surface area contributed by atoms with Crippen LogP contribution < -0.4 is 4.90 Å². The maximum absolute atomic E-state index is 12.5. The molecule has 0 spiro atoms. The molecule has 2 heterocycles. The lowest BCUT2D eigenvalue weighted by atomic mass is 10.2. The summed E-state index contributed by atoms with van der Waals surface area (Å²) < 4.78 is 5.75. The van der Waals surface area contributed by atoms with Gasteiger partial charge in [0.05, 0.1) is 18.8 Å². The molecule has 1 aromatic carbocycles. The monoisotopic (exact) mass is 341 g/mol. The molecule has 3 rings (SSSR count). The molecule has 6 heteroatoms. The number of rotatable bonds is 4. The zero-order valence-electron chi connectivity index (χ0n) is 14.5. The van der Waals surface area contributed by atoms with Crippen molar-refractivity contribution >= 4 is 11.6 Å². The molecule has 1 aromatic heterocycles. The van der Waals surface area contributed by atoms with Crippen molar-refractivity contribution in [2.45, 2.75) is 32.6 Å². The molecule has 2 atom stereocenters. The van der Waals surface area contributed by atoms with Gasteiger partial charge in [0.2, 0.25) is 0 Å². The van der Waals surface area contributed by atoms with Crippen LogP contribution in [0.4, 0.5) is 5.69 Å². The predicted octanol–water partition coefficient (Wildman–Crippen LogP) is 2.73. The molecule has 2 aromatic rings. The van der Waals surface area contributed by atoms with E-state index in [1.807, 2.05) is 50.2 Å². The van der Waals surface area contributed by atoms with Crippen molar-refractivity contribution in [3.63, 3.8) is 0 Å². The topological polar surface area (TPSA) is 65.9 Å². The van der Waals surface area contributed by atoms with Crippen molar-refractivity contribution in [1.82, 2.24) is 10.0 Å². The molecule has 1 N–H and O–H groups in total. The van der Waals surface area contributed by atoms with Crippen LogP contribution >= 0.6 is 0 Å². The lowest BCUT2D eigenvalue weighted by molar-refractivity contribution is -0.0652. The van der Waals surface area contributed by atoms with Gasteiger partial charge in [0.1, 0.15) is 5.69 Å². The van der Waals surface area contributed by atoms with E-state index in [0.717, 1.165) is 24.3 Å². The number of aromatic nitrogens is 1. The van der Waals surface area contributed by atoms with Crippen LogP contribution in [0.1, 0.15) is 29.9 Å². The molecule has 1 saturated heterocycles. The number of hydrogen-bond acceptors (Lipinski definition) is 5. The number of benzene rings is 1. The van der Waals surface area contributed by atoms with Gasteiger partial charge in [-0.3, -0.25) is 15.0 Å². The Bertz CT molecular complexity index is 713. The van der Waals surface area contributed by atoms with E-state index in [1.165, 1.54) is 0 Å². The summed E-state index contributed by atoms with van der Waals surface area (Å²) in [6, 6.07) is 12.9. The predicted molar refractivity (Wildman–Crippen MR) is 94.6 cm³/mol. The molecular formula is C19H23N3O3. The molecule has 25 heavy (non-hydrogen) atoms. The van der Waals surface area contributed by atoms with Crippen LogP contribution in [0.25, 0.3) is 0 Å². The molecule has 0 saturated carbocycles. The largest absolute Gasteiger partial charge is 0.372 e. The Hall–Kier alpha value is -2.44. The summed E-state index contributed by atoms with van der Waals surface area (Å²) in [7, 11) is 0. The molecule has 132 valence electrons. The van der Waals surface area contributed by atoms with Gasteiger partial charge in [-0.25, -0.2) is 5.06 Å². The third-order valence-electron chi connectivity index (χ3n) is 4.16. The standard InChI is InChI=1S/C19H23N3O3/c1-14-11-21(12-15(2)25-14)17-8-9-20-18(10-17)19(23)22(24)13-16-6-4-3-5-7-16/h3-10,14-15,24H,11-13H2,1-2H3/t14-,15+. The maximum atomic E-state index is 12.5. The number of anilines is 1. The van der Waals surface area contributed by atoms with Crippen molar-refractivity contribution in [1.29, 1.82) is 0 Å². The molecule has 0 aliphatic carbocycles. The number of morpholine rings is 1. The number of carbonyl (C=O) groups excluding carboxylic acids is 1. The van der Waals surface area contributed by atoms with Crippen LogP contribution in [0.5, 0.6) is 0 Å². The summed E-state index contributed by atoms with van der Waals surface area (Å²) in [4.78, 5) is 18.8. The fourth-order valence-corrected chi connectivity index (χ4v) is 3.08. The summed E-state index contributed by atoms with van der Waals surface area (Å²) in [6.07, 6.45) is 1.86. The Balaban J connectivity index is 1.73. The van der Waals surface area contributed by atoms with Gasteiger partial charge in [-0.05, 0) is 31.5 Å². The zero-order valence-corrected chi connectivity index (χ0v) is 14.5. The van der Waals surface area contributed by atoms with E-state index in [0.29, 0.717) is 5.06 Å². The quantitative estimate of drug-likeness (QED) is 0.684. The smallest absolute Gasteiger partial charge is 0.296 e. The molecule has 0 unspecified atom stereocenters. The lowest BCUT2D eigenvalue weighted by Gasteiger charge is -2.36. The van der Waals surface area contributed by atoms with Gasteiger partial charge in [-0.1, -0.05) is 30.3 Å². The van der Waals surface area contributed by atoms with E-state index in [-0.39, 0.29) is 24.4 Å². The second-order valence-electron chi connectivity index (χ2n) is 6.41. The van der Waals surface area contributed by atoms with Crippen LogP contribution in [0.2, 0.25) is 0 Å². The van der Waals surface area contributed by atoms with Crippen LogP contribution in [0, 0.1) is 0 Å². The molecule has 6 nitrogen and oxygen atoms in total. The number of ether oxygens (including phenoxy) is 1. The molecule has 1 fully saturated rings. The van der Waals surface area contributed by atoms with Gasteiger partial charge in [0.15, 0.2) is 0 Å². The highest BCUT2D eigenvalue weighted by Gasteiger charge is 2.24. The number of hydroxylamine groups is 2. The number of amides is 1. The van der Waals surface area contributed by atoms with Crippen LogP contribution in [-0.2, 0) is 11.3 Å². The van der Waals surface area contributed by atoms with Crippen LogP contribution in [0.15, 0.2) is 48.7 Å². The van der Waals surface area contributed by atoms with Crippen molar-refractivity contribution in [2.24, 2.45) is 0 Å². The summed E-state index contributed by atoms with van der Waals surface area (Å²) in [5.41, 5.74) is 1.99. The Kier molecular flexibility index (Phi) is 5.31. The summed E-state index contributed by atoms with van der Waals surface area (Å²) >= 11 is 0. The average Bonchev–Trinajstić information content (AvgIpc) is 2.61. The van der Waals surface area contributed by atoms with Gasteiger partial charge in [-0.2, -0.15) is 0 Å². The highest BCUT2D eigenvalue weighted by Crippen LogP contribution is 2.21. The summed E-state index contributed by atoms with van der Waals surface area (Å²) in [5.74, 6) is -0.514. The van der Waals surface area contributed by atoms with Gasteiger partial charge in [0, 0.05) is 25.0 Å². The van der Waals surface area contributed by atoms with Gasteiger partial charge >= 0.3 is 0 Å². The molecule has 1 aliphatic heterocycles. The average molecular weight is 341 g/mol. The van der Waals surface area contributed by atoms with Gasteiger partial charge < -0.3 is 9.64 Å². The van der Waals surface area contributed by atoms with Crippen LogP contribution in [-0.4, -0.2) is 46.5 Å². The molecule has 1 aliphatic rings. The minimum atomic E-state index is -0.514. The first-order valence-corrected chi connectivity index (χ1v) is 8.44. The van der Waals surface area contributed by atoms with E-state index in [9.17, 15) is 10.0 Å². The van der Waals surface area contributed by atoms with E-state index < -0.39 is 5.91 Å². The highest BCUT2D eigenvalue weighted by atomic mass is 16.5. The minimum absolute atomic E-state index is 0.122. The highest BCUT2D eigenvalue weighted by molar-refractivity contribution is 5.92. The number of pyridine rings is 1. The first-order chi connectivity index (χ1) is 12.0. The SMILES string of the molecule is C[C@@H]1CN(c2ccnc(C(=O)N(O)Cc3ccccc3)c2)C[C@H](C)O1. The third-order valence-corrected chi connectivity index (χ3v) is 4.16. The molecular weight excluding hydrogens is 318 g/mol. The van der Waals surface area contributed by atoms with Crippen molar-refractivity contribution in [3.8, 4) is 0 Å². The molecule has 0 radical (unpaired) electrons. The van der Waals surface area contributed by atoms with E-state index in [1.54, 1.807) is 12.3 Å². The first kappa shape index (κ1) is 17.4. The Morgan fingerprint density at radius 2 is 1.92 bits per heavy atom. The van der Waals surface area contributed by atoms with Crippen molar-refractivity contribution in [3.05, 3.63) is 59.9 Å². The number of nitrogens with zero attached hydrogens (tertiary/aromatic N) is 3. The maximum Gasteiger partial charge on any atom is 0.296 e. The normalized spacial score (nSPS) is 20.4. The van der Waals surface area contributed by atoms with Gasteiger partial charge in [-0.15, -0.1) is 0 Å². The van der Waals surface area contributed by atoms with E-state index in [2.05, 4.69) is 9.88 Å². The fraction of sp³-hybridized carbons (Fsp3) is 0.368. The Morgan fingerprint density at radius 1 is 1.24 bits per heavy atom. The second-order valence-corrected chi connectivity index (χ2v) is 6.41. The van der Waals surface area contributed by atoms with Gasteiger partial charge in [0.25, 0.3) is 5.91 Å². The molecule has 0 bridgehead atoms. The Labute approximate surface area is 147 Å². The minimum Gasteiger partial charge on any atom is -0.372 e. The number of carbonyl (C=O) groups is 1. The summed E-state index contributed by atoms with van der Waals surface area (Å²) in [6.45, 7) is 5.71. The van der Waals surface area contributed by atoms with Crippen molar-refractivity contribution in [2.75, 3.05) is 18.0 Å². The summed E-state index contributed by atoms with van der Waals surface area (Å²) in [5, 5.41) is 10.8. The Morgan fingerprint density at radius 3 is 2.60 bits per heavy atom. The zero-order chi connectivity index (χ0) is 17.8. The third kappa shape index (κ3) is 4.35. The second kappa shape index (κ2) is 7.63.